The Kier molecular flexibility index (Phi) is 5.80. The van der Waals surface area contributed by atoms with Gasteiger partial charge in [-0.25, -0.2) is 27.7 Å². The molecule has 1 aromatic carbocycles. The van der Waals surface area contributed by atoms with E-state index in [0.717, 1.165) is 11.0 Å². The lowest BCUT2D eigenvalue weighted by Gasteiger charge is -2.14. The molecule has 1 aromatic heterocycles. The standard InChI is InChI=1S/C15H17N5O6S/c1-9-7-12(26-3)17-13(16-9)18-14(21)19-27(24,25)11-6-4-5-10(8-11)20(2)15(22)23/h4-8H,1-3H3,(H,22,23)(H2,16,17,18,19,21). The number of nitrogens with zero attached hydrogens (tertiary/aromatic N) is 3. The van der Waals surface area contributed by atoms with Crippen molar-refractivity contribution in [3.8, 4) is 5.88 Å². The van der Waals surface area contributed by atoms with Crippen molar-refractivity contribution >= 4 is 33.8 Å². The lowest BCUT2D eigenvalue weighted by atomic mass is 10.3. The molecule has 0 bridgehead atoms. The summed E-state index contributed by atoms with van der Waals surface area (Å²) < 4.78 is 31.5. The highest BCUT2D eigenvalue weighted by Crippen LogP contribution is 2.18. The number of methoxy groups -OCH3 is 1. The molecule has 0 unspecified atom stereocenters. The molecule has 27 heavy (non-hydrogen) atoms. The van der Waals surface area contributed by atoms with Crippen LogP contribution < -0.4 is 19.7 Å². The normalized spacial score (nSPS) is 10.8. The summed E-state index contributed by atoms with van der Waals surface area (Å²) in [5, 5.41) is 11.2. The third-order valence-corrected chi connectivity index (χ3v) is 4.62. The van der Waals surface area contributed by atoms with Gasteiger partial charge in [-0.05, 0) is 25.1 Å². The van der Waals surface area contributed by atoms with Crippen LogP contribution in [0.4, 0.5) is 21.2 Å². The summed E-state index contributed by atoms with van der Waals surface area (Å²) in [5.41, 5.74) is 0.627. The number of carbonyl (C=O) groups is 2. The SMILES string of the molecule is COc1cc(C)nc(NC(=O)NS(=O)(=O)c2cccc(N(C)C(=O)O)c2)n1. The van der Waals surface area contributed by atoms with Crippen LogP contribution >= 0.6 is 0 Å². The molecule has 0 atom stereocenters. The second kappa shape index (κ2) is 7.86. The number of nitrogens with one attached hydrogen (secondary N) is 2. The molecule has 0 fully saturated rings. The van der Waals surface area contributed by atoms with Gasteiger partial charge in [0, 0.05) is 24.5 Å². The van der Waals surface area contributed by atoms with Gasteiger partial charge < -0.3 is 9.84 Å². The number of ether oxygens (including phenoxy) is 1. The molecule has 0 saturated heterocycles. The average molecular weight is 395 g/mol. The van der Waals surface area contributed by atoms with Crippen LogP contribution in [-0.2, 0) is 10.0 Å². The van der Waals surface area contributed by atoms with Crippen molar-refractivity contribution in [2.24, 2.45) is 0 Å². The molecular formula is C15H17N5O6S. The van der Waals surface area contributed by atoms with Crippen LogP contribution in [0.25, 0.3) is 0 Å². The van der Waals surface area contributed by atoms with Gasteiger partial charge in [0.05, 0.1) is 12.0 Å². The molecule has 3 amide bonds. The first-order valence-corrected chi connectivity index (χ1v) is 8.91. The zero-order chi connectivity index (χ0) is 20.2. The molecule has 0 saturated carbocycles. The zero-order valence-corrected chi connectivity index (χ0v) is 15.4. The summed E-state index contributed by atoms with van der Waals surface area (Å²) in [7, 11) is -1.61. The molecule has 1 heterocycles. The first-order valence-electron chi connectivity index (χ1n) is 7.42. The van der Waals surface area contributed by atoms with E-state index >= 15 is 0 Å². The van der Waals surface area contributed by atoms with Crippen molar-refractivity contribution in [2.45, 2.75) is 11.8 Å². The van der Waals surface area contributed by atoms with Crippen LogP contribution in [-0.4, -0.2) is 49.8 Å². The second-order valence-electron chi connectivity index (χ2n) is 5.27. The van der Waals surface area contributed by atoms with Crippen molar-refractivity contribution in [1.82, 2.24) is 14.7 Å². The summed E-state index contributed by atoms with van der Waals surface area (Å²) in [4.78, 5) is 31.4. The molecule has 0 spiro atoms. The minimum absolute atomic E-state index is 0.123. The third kappa shape index (κ3) is 5.04. The molecule has 11 nitrogen and oxygen atoms in total. The highest BCUT2D eigenvalue weighted by Gasteiger charge is 2.20. The first kappa shape index (κ1) is 19.9. The molecule has 144 valence electrons. The number of carbonyl (C=O) groups excluding carboxylic acids is 1. The van der Waals surface area contributed by atoms with Crippen LogP contribution in [0, 0.1) is 6.92 Å². The topological polar surface area (TPSA) is 151 Å². The van der Waals surface area contributed by atoms with Crippen molar-refractivity contribution in [2.75, 3.05) is 24.4 Å². The van der Waals surface area contributed by atoms with Crippen LogP contribution in [0.15, 0.2) is 35.2 Å². The molecule has 2 aromatic rings. The summed E-state index contributed by atoms with van der Waals surface area (Å²) >= 11 is 0. The summed E-state index contributed by atoms with van der Waals surface area (Å²) in [5.74, 6) is 0.0592. The Hall–Kier alpha value is -3.41. The van der Waals surface area contributed by atoms with E-state index in [1.165, 1.54) is 38.4 Å². The molecule has 0 aliphatic rings. The van der Waals surface area contributed by atoms with E-state index in [1.54, 1.807) is 6.92 Å². The van der Waals surface area contributed by atoms with Crippen LogP contribution in [0.3, 0.4) is 0 Å². The number of urea groups is 1. The minimum atomic E-state index is -4.26. The van der Waals surface area contributed by atoms with Crippen molar-refractivity contribution in [3.05, 3.63) is 36.0 Å². The van der Waals surface area contributed by atoms with E-state index in [2.05, 4.69) is 15.3 Å². The number of anilines is 2. The predicted octanol–water partition coefficient (Wildman–Crippen LogP) is 1.42. The van der Waals surface area contributed by atoms with Gasteiger partial charge in [-0.3, -0.25) is 10.2 Å². The molecule has 0 radical (unpaired) electrons. The highest BCUT2D eigenvalue weighted by molar-refractivity contribution is 7.90. The van der Waals surface area contributed by atoms with Gasteiger partial charge in [-0.1, -0.05) is 6.07 Å². The fraction of sp³-hybridized carbons (Fsp3) is 0.200. The van der Waals surface area contributed by atoms with Crippen molar-refractivity contribution < 1.29 is 27.9 Å². The maximum absolute atomic E-state index is 12.4. The minimum Gasteiger partial charge on any atom is -0.481 e. The third-order valence-electron chi connectivity index (χ3n) is 3.29. The Balaban J connectivity index is 2.18. The Bertz CT molecular complexity index is 978. The largest absolute Gasteiger partial charge is 0.481 e. The Morgan fingerprint density at radius 2 is 1.93 bits per heavy atom. The average Bonchev–Trinajstić information content (AvgIpc) is 2.59. The van der Waals surface area contributed by atoms with Crippen LogP contribution in [0.5, 0.6) is 5.88 Å². The lowest BCUT2D eigenvalue weighted by Crippen LogP contribution is -2.35. The highest BCUT2D eigenvalue weighted by atomic mass is 32.2. The van der Waals surface area contributed by atoms with E-state index in [-0.39, 0.29) is 22.4 Å². The quantitative estimate of drug-likeness (QED) is 0.687. The Morgan fingerprint density at radius 3 is 2.56 bits per heavy atom. The molecule has 2 rings (SSSR count). The number of sulfonamides is 1. The van der Waals surface area contributed by atoms with Gasteiger partial charge in [0.25, 0.3) is 10.0 Å². The predicted molar refractivity (Wildman–Crippen MR) is 95.5 cm³/mol. The number of benzene rings is 1. The van der Waals surface area contributed by atoms with Gasteiger partial charge >= 0.3 is 12.1 Å². The van der Waals surface area contributed by atoms with Gasteiger partial charge in [0.15, 0.2) is 0 Å². The first-order chi connectivity index (χ1) is 12.6. The molecule has 0 aliphatic heterocycles. The summed E-state index contributed by atoms with van der Waals surface area (Å²) in [6.07, 6.45) is -1.26. The maximum Gasteiger partial charge on any atom is 0.411 e. The number of aryl methyl sites for hydroxylation is 1. The van der Waals surface area contributed by atoms with E-state index in [9.17, 15) is 18.0 Å². The number of amides is 3. The van der Waals surface area contributed by atoms with Crippen LogP contribution in [0.1, 0.15) is 5.69 Å². The number of rotatable bonds is 5. The van der Waals surface area contributed by atoms with Crippen molar-refractivity contribution in [3.63, 3.8) is 0 Å². The van der Waals surface area contributed by atoms with Gasteiger partial charge in [-0.15, -0.1) is 0 Å². The van der Waals surface area contributed by atoms with Crippen molar-refractivity contribution in [1.29, 1.82) is 0 Å². The maximum atomic E-state index is 12.4. The van der Waals surface area contributed by atoms with E-state index < -0.39 is 22.1 Å². The Labute approximate surface area is 155 Å². The number of hydrogen-bond acceptors (Lipinski definition) is 7. The number of hydrogen-bond donors (Lipinski definition) is 3. The summed E-state index contributed by atoms with van der Waals surface area (Å²) in [6.45, 7) is 1.65. The fourth-order valence-electron chi connectivity index (χ4n) is 1.98. The van der Waals surface area contributed by atoms with E-state index in [4.69, 9.17) is 9.84 Å². The smallest absolute Gasteiger partial charge is 0.411 e. The van der Waals surface area contributed by atoms with E-state index in [1.807, 2.05) is 4.72 Å². The van der Waals surface area contributed by atoms with Crippen LogP contribution in [0.2, 0.25) is 0 Å². The molecule has 12 heteroatoms. The summed E-state index contributed by atoms with van der Waals surface area (Å²) in [6, 6.07) is 5.57. The molecular weight excluding hydrogens is 378 g/mol. The second-order valence-corrected chi connectivity index (χ2v) is 6.96. The molecule has 3 N–H and O–H groups in total. The Morgan fingerprint density at radius 1 is 1.22 bits per heavy atom. The van der Waals surface area contributed by atoms with E-state index in [0.29, 0.717) is 5.69 Å². The zero-order valence-electron chi connectivity index (χ0n) is 14.6. The lowest BCUT2D eigenvalue weighted by molar-refractivity contribution is 0.203. The monoisotopic (exact) mass is 395 g/mol. The van der Waals surface area contributed by atoms with Gasteiger partial charge in [-0.2, -0.15) is 4.98 Å². The van der Waals surface area contributed by atoms with Gasteiger partial charge in [0.1, 0.15) is 0 Å². The number of aromatic nitrogens is 2. The molecule has 0 aliphatic carbocycles. The number of carboxylic acid groups (broad SMARTS) is 1. The fourth-order valence-corrected chi connectivity index (χ4v) is 2.92. The van der Waals surface area contributed by atoms with Gasteiger partial charge in [0.2, 0.25) is 11.8 Å².